The van der Waals surface area contributed by atoms with Gasteiger partial charge < -0.3 is 19.6 Å². The van der Waals surface area contributed by atoms with Gasteiger partial charge in [0.25, 0.3) is 0 Å². The van der Waals surface area contributed by atoms with E-state index in [0.29, 0.717) is 24.2 Å². The molecule has 2 aromatic rings. The molecule has 0 aliphatic carbocycles. The van der Waals surface area contributed by atoms with Crippen molar-refractivity contribution in [3.05, 3.63) is 28.7 Å². The molecule has 0 atom stereocenters. The number of aromatic nitrogens is 2. The van der Waals surface area contributed by atoms with Gasteiger partial charge in [-0.05, 0) is 18.2 Å². The summed E-state index contributed by atoms with van der Waals surface area (Å²) in [6.07, 6.45) is 0. The van der Waals surface area contributed by atoms with Gasteiger partial charge in [0, 0.05) is 19.6 Å². The average molecular weight is 340 g/mol. The first-order valence-electron chi connectivity index (χ1n) is 7.03. The van der Waals surface area contributed by atoms with Gasteiger partial charge in [-0.15, -0.1) is 0 Å². The van der Waals surface area contributed by atoms with Gasteiger partial charge in [0.1, 0.15) is 6.61 Å². The molecule has 2 heterocycles. The maximum Gasteiger partial charge on any atom is 0.323 e. The van der Waals surface area contributed by atoms with Crippen LogP contribution in [0.2, 0.25) is 0 Å². The first-order chi connectivity index (χ1) is 11.0. The number of H-pyrrole nitrogens is 2. The van der Waals surface area contributed by atoms with Gasteiger partial charge in [-0.2, -0.15) is 0 Å². The van der Waals surface area contributed by atoms with E-state index >= 15 is 0 Å². The molecule has 0 unspecified atom stereocenters. The van der Waals surface area contributed by atoms with E-state index in [9.17, 15) is 18.0 Å². The maximum atomic E-state index is 12.3. The van der Waals surface area contributed by atoms with Crippen LogP contribution in [-0.4, -0.2) is 62.0 Å². The Labute approximate surface area is 131 Å². The molecule has 1 aromatic carbocycles. The van der Waals surface area contributed by atoms with Crippen LogP contribution in [0.3, 0.4) is 0 Å². The molecule has 0 radical (unpaired) electrons. The molecule has 1 fully saturated rings. The Hall–Kier alpha value is -2.17. The normalized spacial score (nSPS) is 16.2. The fraction of sp³-hybridized carbons (Fsp3) is 0.385. The van der Waals surface area contributed by atoms with Gasteiger partial charge in [0.05, 0.1) is 22.5 Å². The number of sulfonamides is 1. The Bertz CT molecular complexity index is 885. The quantitative estimate of drug-likeness (QED) is 0.643. The van der Waals surface area contributed by atoms with E-state index in [-0.39, 0.29) is 30.5 Å². The van der Waals surface area contributed by atoms with Crippen LogP contribution in [0.4, 0.5) is 0 Å². The van der Waals surface area contributed by atoms with Crippen LogP contribution in [0.15, 0.2) is 27.9 Å². The molecule has 3 N–H and O–H groups in total. The maximum absolute atomic E-state index is 12.3. The van der Waals surface area contributed by atoms with Crippen molar-refractivity contribution in [3.8, 4) is 0 Å². The van der Waals surface area contributed by atoms with Gasteiger partial charge in [0.2, 0.25) is 15.9 Å². The van der Waals surface area contributed by atoms with Gasteiger partial charge >= 0.3 is 5.69 Å². The van der Waals surface area contributed by atoms with E-state index in [1.807, 2.05) is 0 Å². The topological polar surface area (TPSA) is 124 Å². The second kappa shape index (κ2) is 6.14. The standard InChI is InChI=1S/C13H16N4O5S/c18-12-8-22-6-5-17(12)4-3-14-23(20,21)9-1-2-10-11(7-9)16-13(19)15-10/h1-2,7,14H,3-6,8H2,(H2,15,16,19). The summed E-state index contributed by atoms with van der Waals surface area (Å²) in [6, 6.07) is 4.32. The fourth-order valence-corrected chi connectivity index (χ4v) is 3.41. The summed E-state index contributed by atoms with van der Waals surface area (Å²) in [6.45, 7) is 1.33. The van der Waals surface area contributed by atoms with Crippen molar-refractivity contribution in [2.24, 2.45) is 0 Å². The van der Waals surface area contributed by atoms with Crippen LogP contribution < -0.4 is 10.4 Å². The number of nitrogens with zero attached hydrogens (tertiary/aromatic N) is 1. The third kappa shape index (κ3) is 3.44. The largest absolute Gasteiger partial charge is 0.370 e. The Morgan fingerprint density at radius 3 is 2.78 bits per heavy atom. The summed E-state index contributed by atoms with van der Waals surface area (Å²) in [5.41, 5.74) is 0.558. The summed E-state index contributed by atoms with van der Waals surface area (Å²) in [5, 5.41) is 0. The van der Waals surface area contributed by atoms with Gasteiger partial charge in [-0.1, -0.05) is 0 Å². The average Bonchev–Trinajstić information content (AvgIpc) is 2.88. The number of hydrogen-bond acceptors (Lipinski definition) is 5. The lowest BCUT2D eigenvalue weighted by molar-refractivity contribution is -0.142. The van der Waals surface area contributed by atoms with Crippen LogP contribution in [-0.2, 0) is 19.6 Å². The number of carbonyl (C=O) groups excluding carboxylic acids is 1. The van der Waals surface area contributed by atoms with Crippen molar-refractivity contribution in [1.82, 2.24) is 19.6 Å². The number of amides is 1. The van der Waals surface area contributed by atoms with Crippen molar-refractivity contribution in [1.29, 1.82) is 0 Å². The van der Waals surface area contributed by atoms with Crippen LogP contribution in [0.5, 0.6) is 0 Å². The molecule has 3 rings (SSSR count). The first kappa shape index (κ1) is 15.7. The lowest BCUT2D eigenvalue weighted by Crippen LogP contribution is -2.45. The van der Waals surface area contributed by atoms with Crippen molar-refractivity contribution in [2.75, 3.05) is 32.8 Å². The lowest BCUT2D eigenvalue weighted by atomic mass is 10.3. The minimum absolute atomic E-state index is 0.0320. The number of imidazole rings is 1. The summed E-state index contributed by atoms with van der Waals surface area (Å²) in [7, 11) is -3.72. The van der Waals surface area contributed by atoms with Crippen molar-refractivity contribution < 1.29 is 17.9 Å². The molecule has 1 aromatic heterocycles. The first-order valence-corrected chi connectivity index (χ1v) is 8.51. The second-order valence-electron chi connectivity index (χ2n) is 5.12. The number of benzene rings is 1. The van der Waals surface area contributed by atoms with Gasteiger partial charge in [-0.25, -0.2) is 17.9 Å². The van der Waals surface area contributed by atoms with E-state index in [4.69, 9.17) is 4.74 Å². The number of aromatic amines is 2. The minimum Gasteiger partial charge on any atom is -0.370 e. The van der Waals surface area contributed by atoms with E-state index in [1.165, 1.54) is 18.2 Å². The summed E-state index contributed by atoms with van der Waals surface area (Å²) in [4.78, 5) is 29.4. The predicted molar refractivity (Wildman–Crippen MR) is 81.5 cm³/mol. The highest BCUT2D eigenvalue weighted by atomic mass is 32.2. The molecule has 0 saturated carbocycles. The number of nitrogens with one attached hydrogen (secondary N) is 3. The molecule has 0 bridgehead atoms. The third-order valence-electron chi connectivity index (χ3n) is 3.56. The van der Waals surface area contributed by atoms with Crippen LogP contribution in [0.1, 0.15) is 0 Å². The minimum atomic E-state index is -3.72. The molecule has 1 aliphatic rings. The van der Waals surface area contributed by atoms with E-state index in [1.54, 1.807) is 4.90 Å². The second-order valence-corrected chi connectivity index (χ2v) is 6.88. The molecule has 9 nitrogen and oxygen atoms in total. The monoisotopic (exact) mass is 340 g/mol. The molecule has 10 heteroatoms. The van der Waals surface area contributed by atoms with Crippen molar-refractivity contribution >= 4 is 27.0 Å². The molecule has 0 spiro atoms. The molecular weight excluding hydrogens is 324 g/mol. The molecule has 1 saturated heterocycles. The number of fused-ring (bicyclic) bond motifs is 1. The lowest BCUT2D eigenvalue weighted by Gasteiger charge is -2.26. The highest BCUT2D eigenvalue weighted by molar-refractivity contribution is 7.89. The highest BCUT2D eigenvalue weighted by Gasteiger charge is 2.20. The van der Waals surface area contributed by atoms with E-state index < -0.39 is 15.7 Å². The summed E-state index contributed by atoms with van der Waals surface area (Å²) < 4.78 is 32.0. The SMILES string of the molecule is O=C1COCCN1CCNS(=O)(=O)c1ccc2[nH]c(=O)[nH]c2c1. The molecule has 1 aliphatic heterocycles. The number of rotatable bonds is 5. The van der Waals surface area contributed by atoms with Gasteiger partial charge in [0.15, 0.2) is 0 Å². The zero-order valence-electron chi connectivity index (χ0n) is 12.2. The Balaban J connectivity index is 1.67. The van der Waals surface area contributed by atoms with Crippen molar-refractivity contribution in [3.63, 3.8) is 0 Å². The predicted octanol–water partition coefficient (Wildman–Crippen LogP) is -1.01. The number of ether oxygens (including phenoxy) is 1. The Kier molecular flexibility index (Phi) is 4.20. The number of hydrogen-bond donors (Lipinski definition) is 3. The third-order valence-corrected chi connectivity index (χ3v) is 5.01. The van der Waals surface area contributed by atoms with Crippen LogP contribution >= 0.6 is 0 Å². The van der Waals surface area contributed by atoms with Gasteiger partial charge in [-0.3, -0.25) is 4.79 Å². The Morgan fingerprint density at radius 1 is 1.22 bits per heavy atom. The zero-order chi connectivity index (χ0) is 16.4. The summed E-state index contributed by atoms with van der Waals surface area (Å²) >= 11 is 0. The molecule has 1 amide bonds. The fourth-order valence-electron chi connectivity index (χ4n) is 2.36. The number of morpholine rings is 1. The molecule has 124 valence electrons. The smallest absolute Gasteiger partial charge is 0.323 e. The van der Waals surface area contributed by atoms with Crippen molar-refractivity contribution in [2.45, 2.75) is 4.90 Å². The Morgan fingerprint density at radius 2 is 2.00 bits per heavy atom. The van der Waals surface area contributed by atoms with Crippen LogP contribution in [0.25, 0.3) is 11.0 Å². The summed E-state index contributed by atoms with van der Waals surface area (Å²) in [5.74, 6) is -0.151. The van der Waals surface area contributed by atoms with E-state index in [2.05, 4.69) is 14.7 Å². The number of carbonyl (C=O) groups is 1. The van der Waals surface area contributed by atoms with E-state index in [0.717, 1.165) is 0 Å². The highest BCUT2D eigenvalue weighted by Crippen LogP contribution is 2.14. The van der Waals surface area contributed by atoms with Crippen LogP contribution in [0, 0.1) is 0 Å². The molecular formula is C13H16N4O5S. The zero-order valence-corrected chi connectivity index (χ0v) is 13.0. The molecule has 23 heavy (non-hydrogen) atoms.